The van der Waals surface area contributed by atoms with Crippen molar-refractivity contribution in [3.05, 3.63) is 0 Å². The minimum Gasteiger partial charge on any atom is -0.388 e. The first kappa shape index (κ1) is 33.4. The topological polar surface area (TPSA) is 330 Å². The second kappa shape index (κ2) is 15.2. The van der Waals surface area contributed by atoms with Crippen LogP contribution in [0.15, 0.2) is 0 Å². The van der Waals surface area contributed by atoms with E-state index in [1.54, 1.807) is 0 Å². The van der Waals surface area contributed by atoms with E-state index in [-0.39, 0.29) is 6.29 Å². The summed E-state index contributed by atoms with van der Waals surface area (Å²) in [6, 6.07) is 0. The third kappa shape index (κ3) is 15.1. The SMILES string of the molecule is O=C(CO)[C@@H](O)[C@H](O)[C@H](O)COP(=O)(O)O.O=C[C@H](O)[C@@H](O)[C@H](O)[C@H](O)COP(=O)(O)O. The van der Waals surface area contributed by atoms with Gasteiger partial charge in [-0.25, -0.2) is 9.13 Å². The standard InChI is InChI=1S/2C6H13O9P/c2*7-1-3(8)5(10)6(11)4(9)2-15-16(12,13)14/h4-7,9-11H,1-2H2,(H2,12,13,14);1,3-6,8-11H,2H2,(H2,12,13,14)/t4-,5-,6-;3-,4+,5+,6+/m10/s1. The van der Waals surface area contributed by atoms with Crippen LogP contribution in [0.25, 0.3) is 0 Å². The van der Waals surface area contributed by atoms with Crippen LogP contribution >= 0.6 is 15.6 Å². The first-order valence-corrected chi connectivity index (χ1v) is 11.2. The molecule has 0 aromatic rings. The van der Waals surface area contributed by atoms with Gasteiger partial charge in [-0.2, -0.15) is 0 Å². The van der Waals surface area contributed by atoms with Crippen molar-refractivity contribution in [3.8, 4) is 0 Å². The van der Waals surface area contributed by atoms with E-state index < -0.39 is 84.0 Å². The molecule has 0 aliphatic heterocycles. The second-order valence-corrected chi connectivity index (χ2v) is 8.35. The first-order chi connectivity index (χ1) is 14.4. The summed E-state index contributed by atoms with van der Waals surface area (Å²) in [4.78, 5) is 53.8. The van der Waals surface area contributed by atoms with Crippen LogP contribution in [0.2, 0.25) is 0 Å². The maximum Gasteiger partial charge on any atom is 0.469 e. The molecule has 0 rings (SSSR count). The minimum atomic E-state index is -4.81. The quantitative estimate of drug-likeness (QED) is 0.0747. The van der Waals surface area contributed by atoms with Gasteiger partial charge in [0.1, 0.15) is 49.3 Å². The molecule has 18 nitrogen and oxygen atoms in total. The highest BCUT2D eigenvalue weighted by Gasteiger charge is 2.32. The normalized spacial score (nSPS) is 18.9. The fraction of sp³-hybridized carbons (Fsp3) is 0.833. The predicted octanol–water partition coefficient (Wildman–Crippen LogP) is -6.52. The number of ketones is 1. The van der Waals surface area contributed by atoms with Crippen molar-refractivity contribution in [2.45, 2.75) is 42.7 Å². The lowest BCUT2D eigenvalue weighted by molar-refractivity contribution is -0.142. The zero-order valence-electron chi connectivity index (χ0n) is 16.0. The molecule has 0 aromatic carbocycles. The van der Waals surface area contributed by atoms with E-state index in [1.807, 2.05) is 0 Å². The Bertz CT molecular complexity index is 646. The minimum absolute atomic E-state index is 0.0650. The number of hydrogen-bond acceptors (Lipinski definition) is 14. The van der Waals surface area contributed by atoms with E-state index in [0.29, 0.717) is 0 Å². The van der Waals surface area contributed by atoms with E-state index in [9.17, 15) is 18.7 Å². The largest absolute Gasteiger partial charge is 0.469 e. The fourth-order valence-corrected chi connectivity index (χ4v) is 2.24. The lowest BCUT2D eigenvalue weighted by atomic mass is 10.0. The van der Waals surface area contributed by atoms with Crippen molar-refractivity contribution in [1.82, 2.24) is 0 Å². The van der Waals surface area contributed by atoms with Gasteiger partial charge in [0.15, 0.2) is 12.1 Å². The van der Waals surface area contributed by atoms with Gasteiger partial charge in [0, 0.05) is 0 Å². The summed E-state index contributed by atoms with van der Waals surface area (Å²) in [6.45, 7) is -2.97. The molecular formula is C12H26O18P2. The molecule has 0 amide bonds. The van der Waals surface area contributed by atoms with Crippen molar-refractivity contribution in [1.29, 1.82) is 0 Å². The molecule has 0 unspecified atom stereocenters. The summed E-state index contributed by atoms with van der Waals surface area (Å²) in [6.07, 6.45) is -13.7. The molecule has 192 valence electrons. The van der Waals surface area contributed by atoms with Crippen LogP contribution in [0, 0.1) is 0 Å². The third-order valence-electron chi connectivity index (χ3n) is 3.26. The number of hydrogen-bond donors (Lipinski definition) is 12. The van der Waals surface area contributed by atoms with E-state index in [0.717, 1.165) is 0 Å². The number of rotatable bonds is 14. The average molecular weight is 520 g/mol. The Morgan fingerprint density at radius 2 is 1.12 bits per heavy atom. The molecular weight excluding hydrogens is 494 g/mol. The zero-order chi connectivity index (χ0) is 25.9. The molecule has 0 aromatic heterocycles. The number of carbonyl (C=O) groups is 2. The van der Waals surface area contributed by atoms with Gasteiger partial charge in [0.05, 0.1) is 13.2 Å². The Labute approximate surface area is 179 Å². The van der Waals surface area contributed by atoms with E-state index in [4.69, 9.17) is 60.4 Å². The maximum absolute atomic E-state index is 10.7. The first-order valence-electron chi connectivity index (χ1n) is 8.13. The highest BCUT2D eigenvalue weighted by Crippen LogP contribution is 2.36. The number of phosphoric ester groups is 2. The lowest BCUT2D eigenvalue weighted by Gasteiger charge is -2.23. The van der Waals surface area contributed by atoms with Crippen LogP contribution in [0.5, 0.6) is 0 Å². The Morgan fingerprint density at radius 3 is 1.44 bits per heavy atom. The molecule has 0 aliphatic rings. The molecule has 0 heterocycles. The van der Waals surface area contributed by atoms with Crippen molar-refractivity contribution < 1.29 is 88.2 Å². The van der Waals surface area contributed by atoms with Gasteiger partial charge in [-0.1, -0.05) is 0 Å². The molecule has 0 aliphatic carbocycles. The maximum atomic E-state index is 10.7. The summed E-state index contributed by atoms with van der Waals surface area (Å²) in [5.74, 6) is -1.14. The van der Waals surface area contributed by atoms with Crippen LogP contribution in [0.1, 0.15) is 0 Å². The predicted molar refractivity (Wildman–Crippen MR) is 96.2 cm³/mol. The van der Waals surface area contributed by atoms with Gasteiger partial charge in [0.25, 0.3) is 0 Å². The summed E-state index contributed by atoms with van der Waals surface area (Å²) < 4.78 is 28.2. The molecule has 0 saturated heterocycles. The molecule has 0 fully saturated rings. The Hall–Kier alpha value is -0.760. The zero-order valence-corrected chi connectivity index (χ0v) is 17.7. The summed E-state index contributed by atoms with van der Waals surface area (Å²) in [7, 11) is -9.61. The Balaban J connectivity index is 0. The van der Waals surface area contributed by atoms with Gasteiger partial charge >= 0.3 is 15.6 Å². The van der Waals surface area contributed by atoms with Gasteiger partial charge in [0.2, 0.25) is 0 Å². The molecule has 0 bridgehead atoms. The smallest absolute Gasteiger partial charge is 0.388 e. The molecule has 32 heavy (non-hydrogen) atoms. The van der Waals surface area contributed by atoms with E-state index >= 15 is 0 Å². The molecule has 20 heteroatoms. The number of aldehydes is 1. The number of Topliss-reactive ketones (excluding diaryl/α,β-unsaturated/α-hetero) is 1. The monoisotopic (exact) mass is 520 g/mol. The second-order valence-electron chi connectivity index (χ2n) is 5.88. The van der Waals surface area contributed by atoms with Gasteiger partial charge in [-0.3, -0.25) is 13.8 Å². The Morgan fingerprint density at radius 1 is 0.750 bits per heavy atom. The van der Waals surface area contributed by atoms with Gasteiger partial charge in [-0.15, -0.1) is 0 Å². The number of aliphatic hydroxyl groups excluding tert-OH is 8. The van der Waals surface area contributed by atoms with Crippen molar-refractivity contribution >= 4 is 27.7 Å². The lowest BCUT2D eigenvalue weighted by Crippen LogP contribution is -2.46. The van der Waals surface area contributed by atoms with Crippen molar-refractivity contribution in [2.24, 2.45) is 0 Å². The summed E-state index contributed by atoms with van der Waals surface area (Å²) in [5, 5.41) is 71.6. The van der Waals surface area contributed by atoms with Crippen LogP contribution in [-0.4, -0.2) is 135 Å². The molecule has 0 radical (unpaired) electrons. The van der Waals surface area contributed by atoms with Crippen LogP contribution in [0.3, 0.4) is 0 Å². The van der Waals surface area contributed by atoms with Crippen molar-refractivity contribution in [3.63, 3.8) is 0 Å². The van der Waals surface area contributed by atoms with Gasteiger partial charge < -0.3 is 65.2 Å². The number of aliphatic hydroxyl groups is 8. The number of carbonyl (C=O) groups excluding carboxylic acids is 2. The molecule has 12 N–H and O–H groups in total. The fourth-order valence-electron chi connectivity index (χ4n) is 1.55. The summed E-state index contributed by atoms with van der Waals surface area (Å²) >= 11 is 0. The molecule has 0 spiro atoms. The van der Waals surface area contributed by atoms with Crippen LogP contribution < -0.4 is 0 Å². The third-order valence-corrected chi connectivity index (χ3v) is 4.23. The Kier molecular flexibility index (Phi) is 15.9. The van der Waals surface area contributed by atoms with Crippen LogP contribution in [0.4, 0.5) is 0 Å². The van der Waals surface area contributed by atoms with Crippen LogP contribution in [-0.2, 0) is 27.8 Å². The summed E-state index contributed by atoms with van der Waals surface area (Å²) in [5.41, 5.74) is 0. The van der Waals surface area contributed by atoms with E-state index in [1.165, 1.54) is 0 Å². The molecule has 7 atom stereocenters. The van der Waals surface area contributed by atoms with Crippen molar-refractivity contribution in [2.75, 3.05) is 19.8 Å². The highest BCUT2D eigenvalue weighted by atomic mass is 31.2. The number of phosphoric acid groups is 2. The molecule has 0 saturated carbocycles. The van der Waals surface area contributed by atoms with Gasteiger partial charge in [-0.05, 0) is 0 Å². The average Bonchev–Trinajstić information content (AvgIpc) is 2.71. The highest BCUT2D eigenvalue weighted by molar-refractivity contribution is 7.46. The van der Waals surface area contributed by atoms with E-state index in [2.05, 4.69) is 9.05 Å².